The molecular formula is C22H24N4O2. The second-order valence-electron chi connectivity index (χ2n) is 7.77. The third-order valence-corrected chi connectivity index (χ3v) is 4.15. The lowest BCUT2D eigenvalue weighted by Gasteiger charge is -2.23. The Morgan fingerprint density at radius 3 is 2.54 bits per heavy atom. The van der Waals surface area contributed by atoms with Crippen LogP contribution in [0.5, 0.6) is 0 Å². The van der Waals surface area contributed by atoms with Gasteiger partial charge in [0.2, 0.25) is 5.91 Å². The molecule has 0 atom stereocenters. The largest absolute Gasteiger partial charge is 0.350 e. The molecule has 0 aliphatic heterocycles. The Morgan fingerprint density at radius 2 is 1.86 bits per heavy atom. The molecule has 1 N–H and O–H groups in total. The highest BCUT2D eigenvalue weighted by molar-refractivity contribution is 6.07. The molecule has 0 bridgehead atoms. The summed E-state index contributed by atoms with van der Waals surface area (Å²) in [7, 11) is 1.63. The number of para-hydroxylation sites is 1. The molecular weight excluding hydrogens is 352 g/mol. The molecule has 0 radical (unpaired) electrons. The maximum atomic E-state index is 13.1. The Balaban J connectivity index is 1.97. The monoisotopic (exact) mass is 376 g/mol. The van der Waals surface area contributed by atoms with Gasteiger partial charge in [0.15, 0.2) is 0 Å². The van der Waals surface area contributed by atoms with Gasteiger partial charge in [-0.3, -0.25) is 14.6 Å². The molecule has 2 aromatic heterocycles. The number of nitrogens with one attached hydrogen (secondary N) is 1. The van der Waals surface area contributed by atoms with E-state index in [4.69, 9.17) is 0 Å². The van der Waals surface area contributed by atoms with Crippen molar-refractivity contribution in [3.8, 4) is 11.3 Å². The van der Waals surface area contributed by atoms with Crippen LogP contribution in [0.3, 0.4) is 0 Å². The van der Waals surface area contributed by atoms with Crippen LogP contribution in [0.4, 0.5) is 0 Å². The lowest BCUT2D eigenvalue weighted by molar-refractivity contribution is -0.122. The summed E-state index contributed by atoms with van der Waals surface area (Å²) in [5.41, 5.74) is 2.38. The zero-order valence-corrected chi connectivity index (χ0v) is 16.6. The Kier molecular flexibility index (Phi) is 5.40. The van der Waals surface area contributed by atoms with Crippen LogP contribution >= 0.6 is 0 Å². The van der Waals surface area contributed by atoms with Gasteiger partial charge in [-0.2, -0.15) is 0 Å². The standard InChI is InChI=1S/C22H24N4O2/c1-22(2,3)25-20(27)14-26(4)21(28)17-12-19(15-8-7-11-23-13-15)24-18-10-6-5-9-16(17)18/h5-13H,14H2,1-4H3,(H,25,27). The normalized spacial score (nSPS) is 11.3. The second kappa shape index (κ2) is 7.76. The van der Waals surface area contributed by atoms with Crippen molar-refractivity contribution >= 4 is 22.7 Å². The van der Waals surface area contributed by atoms with Crippen LogP contribution < -0.4 is 5.32 Å². The van der Waals surface area contributed by atoms with Gasteiger partial charge < -0.3 is 10.2 Å². The van der Waals surface area contributed by atoms with Crippen LogP contribution in [0.1, 0.15) is 31.1 Å². The van der Waals surface area contributed by atoms with E-state index in [1.165, 1.54) is 4.90 Å². The van der Waals surface area contributed by atoms with Gasteiger partial charge in [-0.05, 0) is 45.0 Å². The highest BCUT2D eigenvalue weighted by atomic mass is 16.2. The molecule has 0 aliphatic carbocycles. The number of rotatable bonds is 4. The SMILES string of the molecule is CN(CC(=O)NC(C)(C)C)C(=O)c1cc(-c2cccnc2)nc2ccccc12. The van der Waals surface area contributed by atoms with E-state index in [0.29, 0.717) is 11.3 Å². The zero-order chi connectivity index (χ0) is 20.3. The van der Waals surface area contributed by atoms with Crippen LogP contribution in [0.2, 0.25) is 0 Å². The molecule has 0 saturated carbocycles. The summed E-state index contributed by atoms with van der Waals surface area (Å²) in [6.07, 6.45) is 3.41. The van der Waals surface area contributed by atoms with E-state index in [0.717, 1.165) is 16.5 Å². The quantitative estimate of drug-likeness (QED) is 0.758. The summed E-state index contributed by atoms with van der Waals surface area (Å²) in [5.74, 6) is -0.429. The summed E-state index contributed by atoms with van der Waals surface area (Å²) in [4.78, 5) is 35.6. The average Bonchev–Trinajstić information content (AvgIpc) is 2.65. The molecule has 2 amide bonds. The molecule has 3 aromatic rings. The number of pyridine rings is 2. The van der Waals surface area contributed by atoms with Gasteiger partial charge in [0.25, 0.3) is 5.91 Å². The van der Waals surface area contributed by atoms with Gasteiger partial charge in [0, 0.05) is 35.9 Å². The number of hydrogen-bond acceptors (Lipinski definition) is 4. The number of hydrogen-bond donors (Lipinski definition) is 1. The van der Waals surface area contributed by atoms with Gasteiger partial charge in [0.05, 0.1) is 23.3 Å². The molecule has 2 heterocycles. The molecule has 0 spiro atoms. The minimum atomic E-state index is -0.349. The van der Waals surface area contributed by atoms with Gasteiger partial charge in [-0.1, -0.05) is 18.2 Å². The Hall–Kier alpha value is -3.28. The molecule has 3 rings (SSSR count). The van der Waals surface area contributed by atoms with Crippen molar-refractivity contribution in [3.05, 3.63) is 60.4 Å². The van der Waals surface area contributed by atoms with Crippen LogP contribution in [-0.4, -0.2) is 45.8 Å². The molecule has 6 nitrogen and oxygen atoms in total. The van der Waals surface area contributed by atoms with E-state index in [1.54, 1.807) is 25.5 Å². The predicted molar refractivity (Wildman–Crippen MR) is 110 cm³/mol. The van der Waals surface area contributed by atoms with E-state index in [9.17, 15) is 9.59 Å². The fourth-order valence-electron chi connectivity index (χ4n) is 2.97. The van der Waals surface area contributed by atoms with Gasteiger partial charge in [0.1, 0.15) is 0 Å². The molecule has 1 aromatic carbocycles. The minimum Gasteiger partial charge on any atom is -0.350 e. The smallest absolute Gasteiger partial charge is 0.254 e. The fraction of sp³-hybridized carbons (Fsp3) is 0.273. The summed E-state index contributed by atoms with van der Waals surface area (Å²) < 4.78 is 0. The summed E-state index contributed by atoms with van der Waals surface area (Å²) >= 11 is 0. The van der Waals surface area contributed by atoms with E-state index < -0.39 is 0 Å². The van der Waals surface area contributed by atoms with Crippen molar-refractivity contribution in [1.82, 2.24) is 20.2 Å². The first-order chi connectivity index (χ1) is 13.2. The third kappa shape index (κ3) is 4.52. The molecule has 0 fully saturated rings. The highest BCUT2D eigenvalue weighted by Gasteiger charge is 2.21. The number of nitrogens with zero attached hydrogens (tertiary/aromatic N) is 3. The van der Waals surface area contributed by atoms with Crippen molar-refractivity contribution in [2.75, 3.05) is 13.6 Å². The highest BCUT2D eigenvalue weighted by Crippen LogP contribution is 2.25. The van der Waals surface area contributed by atoms with E-state index in [-0.39, 0.29) is 23.9 Å². The second-order valence-corrected chi connectivity index (χ2v) is 7.77. The molecule has 144 valence electrons. The van der Waals surface area contributed by atoms with Gasteiger partial charge in [-0.15, -0.1) is 0 Å². The number of benzene rings is 1. The van der Waals surface area contributed by atoms with Crippen molar-refractivity contribution in [1.29, 1.82) is 0 Å². The van der Waals surface area contributed by atoms with Crippen LogP contribution in [0.25, 0.3) is 22.2 Å². The zero-order valence-electron chi connectivity index (χ0n) is 16.6. The molecule has 28 heavy (non-hydrogen) atoms. The molecule has 0 saturated heterocycles. The molecule has 6 heteroatoms. The lowest BCUT2D eigenvalue weighted by Crippen LogP contribution is -2.46. The average molecular weight is 376 g/mol. The minimum absolute atomic E-state index is 0.0189. The fourth-order valence-corrected chi connectivity index (χ4v) is 2.97. The Bertz CT molecular complexity index is 1010. The number of likely N-dealkylation sites (N-methyl/N-ethyl adjacent to an activating group) is 1. The van der Waals surface area contributed by atoms with Crippen molar-refractivity contribution in [2.24, 2.45) is 0 Å². The number of fused-ring (bicyclic) bond motifs is 1. The maximum Gasteiger partial charge on any atom is 0.254 e. The lowest BCUT2D eigenvalue weighted by atomic mass is 10.0. The first-order valence-corrected chi connectivity index (χ1v) is 9.11. The third-order valence-electron chi connectivity index (χ3n) is 4.15. The first-order valence-electron chi connectivity index (χ1n) is 9.11. The van der Waals surface area contributed by atoms with Gasteiger partial charge in [-0.25, -0.2) is 4.98 Å². The molecule has 0 aliphatic rings. The topological polar surface area (TPSA) is 75.2 Å². The van der Waals surface area contributed by atoms with Crippen LogP contribution in [-0.2, 0) is 4.79 Å². The van der Waals surface area contributed by atoms with E-state index in [2.05, 4.69) is 15.3 Å². The Labute approximate surface area is 164 Å². The summed E-state index contributed by atoms with van der Waals surface area (Å²) in [6, 6.07) is 13.0. The number of carbonyl (C=O) groups excluding carboxylic acids is 2. The van der Waals surface area contributed by atoms with E-state index >= 15 is 0 Å². The van der Waals surface area contributed by atoms with Gasteiger partial charge >= 0.3 is 0 Å². The first kappa shape index (κ1) is 19.5. The molecule has 0 unspecified atom stereocenters. The number of aromatic nitrogens is 2. The summed E-state index contributed by atoms with van der Waals surface area (Å²) in [5, 5.41) is 3.63. The van der Waals surface area contributed by atoms with E-state index in [1.807, 2.05) is 57.2 Å². The summed E-state index contributed by atoms with van der Waals surface area (Å²) in [6.45, 7) is 5.70. The Morgan fingerprint density at radius 1 is 1.11 bits per heavy atom. The number of carbonyl (C=O) groups is 2. The van der Waals surface area contributed by atoms with Crippen molar-refractivity contribution in [2.45, 2.75) is 26.3 Å². The predicted octanol–water partition coefficient (Wildman–Crippen LogP) is 3.28. The van der Waals surface area contributed by atoms with Crippen molar-refractivity contribution < 1.29 is 9.59 Å². The van der Waals surface area contributed by atoms with Crippen LogP contribution in [0, 0.1) is 0 Å². The number of amides is 2. The maximum absolute atomic E-state index is 13.1. The van der Waals surface area contributed by atoms with Crippen molar-refractivity contribution in [3.63, 3.8) is 0 Å². The van der Waals surface area contributed by atoms with Crippen LogP contribution in [0.15, 0.2) is 54.9 Å².